The molecule has 1 aliphatic rings. The van der Waals surface area contributed by atoms with Crippen LogP contribution in [0.25, 0.3) is 11.1 Å². The van der Waals surface area contributed by atoms with E-state index in [1.54, 1.807) is 0 Å². The van der Waals surface area contributed by atoms with Gasteiger partial charge in [-0.2, -0.15) is 0 Å². The monoisotopic (exact) mass is 608 g/mol. The van der Waals surface area contributed by atoms with Crippen LogP contribution in [0.1, 0.15) is 146 Å². The standard InChI is InChI=1S/C39H57FO4/c1-4-6-8-10-11-13-15-37(40)39(42)44-36-28-20-32(21-29-36)17-16-31-18-22-33(23-19-31)34-24-26-35(27-25-34)38(41)43-30(3)14-12-9-7-5-2/h18-19,22-27,30,32,36-37H,4-17,20-21,28-29H2,1-3H3/t30-,32?,36?,37+/m1/s1. The Balaban J connectivity index is 1.33. The maximum absolute atomic E-state index is 14.3. The summed E-state index contributed by atoms with van der Waals surface area (Å²) in [7, 11) is 0. The van der Waals surface area contributed by atoms with Gasteiger partial charge in [-0.15, -0.1) is 0 Å². The number of hydrogen-bond acceptors (Lipinski definition) is 4. The maximum Gasteiger partial charge on any atom is 0.340 e. The Kier molecular flexibility index (Phi) is 16.6. The van der Waals surface area contributed by atoms with Gasteiger partial charge in [-0.1, -0.05) is 102 Å². The average molecular weight is 609 g/mol. The van der Waals surface area contributed by atoms with Gasteiger partial charge in [0.15, 0.2) is 6.17 Å². The number of unbranched alkanes of at least 4 members (excludes halogenated alkanes) is 8. The van der Waals surface area contributed by atoms with Crippen LogP contribution >= 0.6 is 0 Å². The van der Waals surface area contributed by atoms with Crippen LogP contribution in [0.3, 0.4) is 0 Å². The van der Waals surface area contributed by atoms with Crippen molar-refractivity contribution in [3.8, 4) is 11.1 Å². The van der Waals surface area contributed by atoms with Crippen molar-refractivity contribution < 1.29 is 23.5 Å². The second-order valence-electron chi connectivity index (χ2n) is 13.0. The number of carbonyl (C=O) groups excluding carboxylic acids is 2. The van der Waals surface area contributed by atoms with Crippen molar-refractivity contribution in [3.05, 3.63) is 59.7 Å². The quantitative estimate of drug-likeness (QED) is 0.111. The number of esters is 2. The van der Waals surface area contributed by atoms with Crippen LogP contribution in [-0.2, 0) is 20.7 Å². The molecule has 4 nitrogen and oxygen atoms in total. The molecule has 0 amide bonds. The molecule has 2 aromatic carbocycles. The first-order valence-corrected chi connectivity index (χ1v) is 17.6. The molecule has 0 spiro atoms. The first kappa shape index (κ1) is 35.8. The fraction of sp³-hybridized carbons (Fsp3) is 0.641. The number of halogens is 1. The van der Waals surface area contributed by atoms with Gasteiger partial charge in [0.05, 0.1) is 11.7 Å². The zero-order valence-corrected chi connectivity index (χ0v) is 27.7. The molecule has 2 atom stereocenters. The van der Waals surface area contributed by atoms with Crippen molar-refractivity contribution in [2.45, 2.75) is 155 Å². The minimum absolute atomic E-state index is 0.0622. The largest absolute Gasteiger partial charge is 0.460 e. The summed E-state index contributed by atoms with van der Waals surface area (Å²) in [6, 6.07) is 16.4. The maximum atomic E-state index is 14.3. The summed E-state index contributed by atoms with van der Waals surface area (Å²) in [4.78, 5) is 24.8. The third kappa shape index (κ3) is 13.1. The zero-order valence-electron chi connectivity index (χ0n) is 27.7. The molecule has 244 valence electrons. The summed E-state index contributed by atoms with van der Waals surface area (Å²) in [6.45, 7) is 6.35. The van der Waals surface area contributed by atoms with Crippen LogP contribution in [0.15, 0.2) is 48.5 Å². The van der Waals surface area contributed by atoms with Gasteiger partial charge >= 0.3 is 11.9 Å². The van der Waals surface area contributed by atoms with E-state index in [-0.39, 0.29) is 24.6 Å². The third-order valence-corrected chi connectivity index (χ3v) is 9.17. The van der Waals surface area contributed by atoms with Crippen LogP contribution in [0, 0.1) is 5.92 Å². The van der Waals surface area contributed by atoms with Crippen molar-refractivity contribution in [2.75, 3.05) is 0 Å². The summed E-state index contributed by atoms with van der Waals surface area (Å²) in [6.07, 6.45) is 16.6. The summed E-state index contributed by atoms with van der Waals surface area (Å²) in [5.41, 5.74) is 4.11. The third-order valence-electron chi connectivity index (χ3n) is 9.17. The molecule has 2 aromatic rings. The molecular weight excluding hydrogens is 551 g/mol. The first-order valence-electron chi connectivity index (χ1n) is 17.6. The van der Waals surface area contributed by atoms with Gasteiger partial charge in [0, 0.05) is 0 Å². The molecule has 5 heteroatoms. The van der Waals surface area contributed by atoms with Crippen molar-refractivity contribution >= 4 is 11.9 Å². The molecule has 0 unspecified atom stereocenters. The number of carbonyl (C=O) groups is 2. The highest BCUT2D eigenvalue weighted by atomic mass is 19.1. The summed E-state index contributed by atoms with van der Waals surface area (Å²) in [5, 5.41) is 0. The second kappa shape index (κ2) is 20.4. The van der Waals surface area contributed by atoms with Crippen molar-refractivity contribution in [1.82, 2.24) is 0 Å². The van der Waals surface area contributed by atoms with Crippen LogP contribution in [0.5, 0.6) is 0 Å². The molecule has 1 fully saturated rings. The minimum Gasteiger partial charge on any atom is -0.460 e. The molecule has 44 heavy (non-hydrogen) atoms. The van der Waals surface area contributed by atoms with Gasteiger partial charge in [0.25, 0.3) is 0 Å². The number of ether oxygens (including phenoxy) is 2. The van der Waals surface area contributed by atoms with Gasteiger partial charge in [0.2, 0.25) is 0 Å². The fourth-order valence-electron chi connectivity index (χ4n) is 6.20. The van der Waals surface area contributed by atoms with Crippen LogP contribution in [-0.4, -0.2) is 30.3 Å². The molecule has 0 aromatic heterocycles. The SMILES string of the molecule is CCCCCCCC[C@H](F)C(=O)OC1CCC(CCc2ccc(-c3ccc(C(=O)O[C@H](C)CCCCCC)cc3)cc2)CC1. The Bertz CT molecular complexity index is 1070. The van der Waals surface area contributed by atoms with E-state index in [0.29, 0.717) is 11.5 Å². The highest BCUT2D eigenvalue weighted by Crippen LogP contribution is 2.31. The Labute approximate surface area is 266 Å². The Morgan fingerprint density at radius 2 is 1.30 bits per heavy atom. The van der Waals surface area contributed by atoms with Gasteiger partial charge in [-0.05, 0) is 106 Å². The Morgan fingerprint density at radius 1 is 0.750 bits per heavy atom. The predicted molar refractivity (Wildman–Crippen MR) is 179 cm³/mol. The van der Waals surface area contributed by atoms with E-state index >= 15 is 0 Å². The second-order valence-corrected chi connectivity index (χ2v) is 13.0. The van der Waals surface area contributed by atoms with Crippen molar-refractivity contribution in [1.29, 1.82) is 0 Å². The number of alkyl halides is 1. The highest BCUT2D eigenvalue weighted by molar-refractivity contribution is 5.90. The van der Waals surface area contributed by atoms with E-state index in [0.717, 1.165) is 81.8 Å². The molecule has 1 aliphatic carbocycles. The van der Waals surface area contributed by atoms with Gasteiger partial charge < -0.3 is 9.47 Å². The number of hydrogen-bond donors (Lipinski definition) is 0. The number of rotatable bonds is 20. The fourth-order valence-corrected chi connectivity index (χ4v) is 6.20. The normalized spacial score (nSPS) is 18.0. The van der Waals surface area contributed by atoms with Crippen LogP contribution in [0.2, 0.25) is 0 Å². The molecule has 1 saturated carbocycles. The van der Waals surface area contributed by atoms with Gasteiger partial charge in [0.1, 0.15) is 6.10 Å². The lowest BCUT2D eigenvalue weighted by Gasteiger charge is -2.28. The highest BCUT2D eigenvalue weighted by Gasteiger charge is 2.27. The van der Waals surface area contributed by atoms with Gasteiger partial charge in [-0.3, -0.25) is 0 Å². The molecule has 3 rings (SSSR count). The molecule has 0 bridgehead atoms. The van der Waals surface area contributed by atoms with E-state index in [2.05, 4.69) is 38.1 Å². The van der Waals surface area contributed by atoms with E-state index in [4.69, 9.17) is 9.47 Å². The Morgan fingerprint density at radius 3 is 1.93 bits per heavy atom. The van der Waals surface area contributed by atoms with Gasteiger partial charge in [-0.25, -0.2) is 14.0 Å². The molecule has 0 N–H and O–H groups in total. The lowest BCUT2D eigenvalue weighted by molar-refractivity contribution is -0.157. The molecule has 0 heterocycles. The van der Waals surface area contributed by atoms with E-state index in [9.17, 15) is 14.0 Å². The average Bonchev–Trinajstić information content (AvgIpc) is 3.04. The first-order chi connectivity index (χ1) is 21.4. The summed E-state index contributed by atoms with van der Waals surface area (Å²) >= 11 is 0. The zero-order chi connectivity index (χ0) is 31.6. The molecular formula is C39H57FO4. The molecule has 0 aliphatic heterocycles. The predicted octanol–water partition coefficient (Wildman–Crippen LogP) is 11.0. The summed E-state index contributed by atoms with van der Waals surface area (Å²) in [5.74, 6) is -0.295. The van der Waals surface area contributed by atoms with Crippen molar-refractivity contribution in [2.24, 2.45) is 5.92 Å². The topological polar surface area (TPSA) is 52.6 Å². The lowest BCUT2D eigenvalue weighted by atomic mass is 9.83. The minimum atomic E-state index is -1.48. The van der Waals surface area contributed by atoms with Crippen LogP contribution in [0.4, 0.5) is 4.39 Å². The van der Waals surface area contributed by atoms with E-state index in [1.165, 1.54) is 44.1 Å². The molecule has 0 saturated heterocycles. The van der Waals surface area contributed by atoms with E-state index < -0.39 is 12.1 Å². The van der Waals surface area contributed by atoms with E-state index in [1.807, 2.05) is 31.2 Å². The Hall–Kier alpha value is -2.69. The number of benzene rings is 2. The van der Waals surface area contributed by atoms with Crippen molar-refractivity contribution in [3.63, 3.8) is 0 Å². The number of aryl methyl sites for hydroxylation is 1. The lowest BCUT2D eigenvalue weighted by Crippen LogP contribution is -2.29. The van der Waals surface area contributed by atoms with Crippen LogP contribution < -0.4 is 0 Å². The summed E-state index contributed by atoms with van der Waals surface area (Å²) < 4.78 is 25.5. The molecule has 0 radical (unpaired) electrons. The smallest absolute Gasteiger partial charge is 0.340 e.